The van der Waals surface area contributed by atoms with Gasteiger partial charge in [0.15, 0.2) is 0 Å². The second-order valence-corrected chi connectivity index (χ2v) is 9.80. The maximum atomic E-state index is 13.6. The van der Waals surface area contributed by atoms with Gasteiger partial charge < -0.3 is 15.2 Å². The number of hydrogen-bond donors (Lipinski definition) is 2. The lowest BCUT2D eigenvalue weighted by Crippen LogP contribution is -2.39. The van der Waals surface area contributed by atoms with Crippen molar-refractivity contribution in [1.29, 1.82) is 0 Å². The lowest BCUT2D eigenvalue weighted by atomic mass is 9.75. The standard InChI is InChI=1S/C28H25F4N5O3/c29-20-6-4-18(5-7-20)19-10-21-23(22(11-19)40-15-27(26(38)39)8-2-1-3-9-27)36-16-37-24(21)33-12-17-13-34-25(35-14-17)28(30,31)32/h4-7,10-11,13-14,16H,1-3,8-9,12,15H2,(H,38,39)(H,33,36,37). The van der Waals surface area contributed by atoms with E-state index in [1.54, 1.807) is 24.3 Å². The molecule has 208 valence electrons. The Hall–Kier alpha value is -4.35. The molecule has 1 fully saturated rings. The fourth-order valence-corrected chi connectivity index (χ4v) is 4.84. The first-order valence-corrected chi connectivity index (χ1v) is 12.7. The second-order valence-electron chi connectivity index (χ2n) is 9.80. The first-order valence-electron chi connectivity index (χ1n) is 12.7. The molecule has 4 aromatic rings. The third kappa shape index (κ3) is 5.80. The quantitative estimate of drug-likeness (QED) is 0.245. The minimum absolute atomic E-state index is 0.0417. The smallest absolute Gasteiger partial charge is 0.451 e. The zero-order chi connectivity index (χ0) is 28.3. The Morgan fingerprint density at radius 2 is 1.68 bits per heavy atom. The van der Waals surface area contributed by atoms with Crippen molar-refractivity contribution in [2.75, 3.05) is 11.9 Å². The molecule has 12 heteroatoms. The Labute approximate surface area is 226 Å². The van der Waals surface area contributed by atoms with Crippen LogP contribution in [0.3, 0.4) is 0 Å². The molecule has 0 atom stereocenters. The number of alkyl halides is 3. The summed E-state index contributed by atoms with van der Waals surface area (Å²) in [7, 11) is 0. The van der Waals surface area contributed by atoms with Crippen molar-refractivity contribution in [3.63, 3.8) is 0 Å². The predicted octanol–water partition coefficient (Wildman–Crippen LogP) is 6.27. The van der Waals surface area contributed by atoms with Gasteiger partial charge in [0.25, 0.3) is 0 Å². The van der Waals surface area contributed by atoms with E-state index in [9.17, 15) is 27.5 Å². The molecule has 0 amide bonds. The van der Waals surface area contributed by atoms with Crippen LogP contribution in [0, 0.1) is 11.2 Å². The van der Waals surface area contributed by atoms with Crippen LogP contribution in [0.1, 0.15) is 43.5 Å². The van der Waals surface area contributed by atoms with Crippen molar-refractivity contribution in [3.8, 4) is 16.9 Å². The highest BCUT2D eigenvalue weighted by molar-refractivity contribution is 5.96. The predicted molar refractivity (Wildman–Crippen MR) is 138 cm³/mol. The number of carboxylic acids is 1. The van der Waals surface area contributed by atoms with Gasteiger partial charge in [-0.1, -0.05) is 31.4 Å². The number of nitrogens with one attached hydrogen (secondary N) is 1. The van der Waals surface area contributed by atoms with E-state index >= 15 is 0 Å². The van der Waals surface area contributed by atoms with Crippen molar-refractivity contribution in [2.24, 2.45) is 5.41 Å². The lowest BCUT2D eigenvalue weighted by Gasteiger charge is -2.32. The number of hydrogen-bond acceptors (Lipinski definition) is 7. The van der Waals surface area contributed by atoms with Gasteiger partial charge in [-0.05, 0) is 48.2 Å². The summed E-state index contributed by atoms with van der Waals surface area (Å²) in [5, 5.41) is 13.6. The van der Waals surface area contributed by atoms with Gasteiger partial charge in [-0.25, -0.2) is 24.3 Å². The van der Waals surface area contributed by atoms with Gasteiger partial charge in [-0.2, -0.15) is 13.2 Å². The molecule has 2 aromatic carbocycles. The van der Waals surface area contributed by atoms with Gasteiger partial charge in [0.05, 0.1) is 0 Å². The van der Waals surface area contributed by atoms with Crippen LogP contribution in [0.15, 0.2) is 55.1 Å². The van der Waals surface area contributed by atoms with E-state index in [1.807, 2.05) is 0 Å². The van der Waals surface area contributed by atoms with Crippen LogP contribution in [0.25, 0.3) is 22.0 Å². The molecule has 2 aromatic heterocycles. The summed E-state index contributed by atoms with van der Waals surface area (Å²) in [5.41, 5.74) is 1.15. The fraction of sp³-hybridized carbons (Fsp3) is 0.321. The number of carbonyl (C=O) groups is 1. The molecular formula is C28H25F4N5O3. The van der Waals surface area contributed by atoms with Crippen LogP contribution in [0.5, 0.6) is 5.75 Å². The summed E-state index contributed by atoms with van der Waals surface area (Å²) in [6, 6.07) is 9.38. The van der Waals surface area contributed by atoms with E-state index < -0.39 is 29.2 Å². The number of nitrogens with zero attached hydrogens (tertiary/aromatic N) is 4. The minimum Gasteiger partial charge on any atom is -0.490 e. The molecule has 0 aliphatic heterocycles. The van der Waals surface area contributed by atoms with E-state index in [1.165, 1.54) is 18.5 Å². The molecule has 40 heavy (non-hydrogen) atoms. The number of rotatable bonds is 8. The monoisotopic (exact) mass is 555 g/mol. The van der Waals surface area contributed by atoms with Crippen molar-refractivity contribution in [2.45, 2.75) is 44.8 Å². The minimum atomic E-state index is -4.64. The van der Waals surface area contributed by atoms with Crippen molar-refractivity contribution >= 4 is 22.7 Å². The third-order valence-electron chi connectivity index (χ3n) is 7.07. The summed E-state index contributed by atoms with van der Waals surface area (Å²) in [6.07, 6.45) is 2.44. The highest BCUT2D eigenvalue weighted by Gasteiger charge is 2.40. The summed E-state index contributed by atoms with van der Waals surface area (Å²) in [4.78, 5) is 27.7. The first kappa shape index (κ1) is 27.2. The fourth-order valence-electron chi connectivity index (χ4n) is 4.84. The van der Waals surface area contributed by atoms with E-state index in [2.05, 4.69) is 25.3 Å². The molecule has 0 spiro atoms. The first-order chi connectivity index (χ1) is 19.1. The zero-order valence-corrected chi connectivity index (χ0v) is 21.2. The van der Waals surface area contributed by atoms with Crippen LogP contribution in [0.4, 0.5) is 23.4 Å². The Morgan fingerprint density at radius 3 is 2.33 bits per heavy atom. The molecule has 5 rings (SSSR count). The summed E-state index contributed by atoms with van der Waals surface area (Å²) in [6.45, 7) is 0.0311. The molecule has 0 unspecified atom stereocenters. The molecule has 2 heterocycles. The van der Waals surface area contributed by atoms with Crippen molar-refractivity contribution in [3.05, 3.63) is 72.3 Å². The highest BCUT2D eigenvalue weighted by atomic mass is 19.4. The van der Waals surface area contributed by atoms with Gasteiger partial charge in [0.1, 0.15) is 41.3 Å². The third-order valence-corrected chi connectivity index (χ3v) is 7.07. The average Bonchev–Trinajstić information content (AvgIpc) is 2.95. The summed E-state index contributed by atoms with van der Waals surface area (Å²) < 4.78 is 58.2. The lowest BCUT2D eigenvalue weighted by molar-refractivity contribution is -0.153. The molecule has 0 saturated heterocycles. The Balaban J connectivity index is 1.50. The van der Waals surface area contributed by atoms with Gasteiger partial charge in [0, 0.05) is 29.9 Å². The van der Waals surface area contributed by atoms with Gasteiger partial charge in [0.2, 0.25) is 5.82 Å². The molecule has 0 radical (unpaired) electrons. The highest BCUT2D eigenvalue weighted by Crippen LogP contribution is 2.39. The average molecular weight is 556 g/mol. The molecule has 1 saturated carbocycles. The maximum absolute atomic E-state index is 13.6. The topological polar surface area (TPSA) is 110 Å². The number of anilines is 1. The van der Waals surface area contributed by atoms with Crippen LogP contribution >= 0.6 is 0 Å². The largest absolute Gasteiger partial charge is 0.490 e. The van der Waals surface area contributed by atoms with Gasteiger partial charge in [-0.3, -0.25) is 4.79 Å². The maximum Gasteiger partial charge on any atom is 0.451 e. The van der Waals surface area contributed by atoms with E-state index in [0.717, 1.165) is 31.7 Å². The Bertz CT molecular complexity index is 1510. The molecule has 2 N–H and O–H groups in total. The second kappa shape index (κ2) is 11.0. The number of aromatic nitrogens is 4. The number of halogens is 4. The van der Waals surface area contributed by atoms with Crippen LogP contribution in [-0.4, -0.2) is 37.6 Å². The molecule has 0 bridgehead atoms. The number of benzene rings is 2. The molecule has 1 aliphatic carbocycles. The van der Waals surface area contributed by atoms with E-state index in [-0.39, 0.29) is 13.2 Å². The van der Waals surface area contributed by atoms with Gasteiger partial charge in [-0.15, -0.1) is 0 Å². The van der Waals surface area contributed by atoms with Gasteiger partial charge >= 0.3 is 12.1 Å². The Morgan fingerprint density at radius 1 is 0.975 bits per heavy atom. The molecule has 8 nitrogen and oxygen atoms in total. The van der Waals surface area contributed by atoms with Crippen LogP contribution in [0.2, 0.25) is 0 Å². The molecule has 1 aliphatic rings. The summed E-state index contributed by atoms with van der Waals surface area (Å²) in [5.74, 6) is -1.82. The van der Waals surface area contributed by atoms with Crippen molar-refractivity contribution in [1.82, 2.24) is 19.9 Å². The Kier molecular flexibility index (Phi) is 7.51. The SMILES string of the molecule is O=C(O)C1(COc2cc(-c3ccc(F)cc3)cc3c(NCc4cnc(C(F)(F)F)nc4)ncnc23)CCCCC1. The number of carboxylic acid groups (broad SMARTS) is 1. The number of fused-ring (bicyclic) bond motifs is 1. The van der Waals surface area contributed by atoms with E-state index in [4.69, 9.17) is 4.74 Å². The zero-order valence-electron chi connectivity index (χ0n) is 21.2. The van der Waals surface area contributed by atoms with Crippen molar-refractivity contribution < 1.29 is 32.2 Å². The van der Waals surface area contributed by atoms with Crippen LogP contribution in [-0.2, 0) is 17.5 Å². The number of ether oxygens (including phenoxy) is 1. The van der Waals surface area contributed by atoms with E-state index in [0.29, 0.717) is 52.0 Å². The number of aliphatic carboxylic acids is 1. The van der Waals surface area contributed by atoms with Crippen LogP contribution < -0.4 is 10.1 Å². The normalized spacial score (nSPS) is 15.1. The summed E-state index contributed by atoms with van der Waals surface area (Å²) >= 11 is 0. The molecular weight excluding hydrogens is 530 g/mol.